The molecule has 0 aliphatic carbocycles. The Bertz CT molecular complexity index is 453. The molecule has 0 bridgehead atoms. The van der Waals surface area contributed by atoms with E-state index in [0.29, 0.717) is 0 Å². The summed E-state index contributed by atoms with van der Waals surface area (Å²) in [5.74, 6) is 1.82. The lowest BCUT2D eigenvalue weighted by molar-refractivity contribution is 0.243. The van der Waals surface area contributed by atoms with Gasteiger partial charge in [-0.25, -0.2) is 4.98 Å². The van der Waals surface area contributed by atoms with Crippen molar-refractivity contribution in [1.29, 1.82) is 0 Å². The Morgan fingerprint density at radius 3 is 2.90 bits per heavy atom. The molecule has 116 valence electrons. The largest absolute Gasteiger partial charge is 0.372 e. The van der Waals surface area contributed by atoms with Crippen LogP contribution in [0.3, 0.4) is 0 Å². The number of piperidine rings is 1. The standard InChI is InChI=1S/C17H27N3S/c1-4-5-6-15-8-11-20(12-9-15)14(2)16-7-10-18-17(13-16)19-21-3/h7,10,13,15H,2,4-6,8-9,11-12H2,1,3H3,(H,18,19). The summed E-state index contributed by atoms with van der Waals surface area (Å²) in [6.45, 7) is 8.86. The van der Waals surface area contributed by atoms with Crippen LogP contribution in [0.4, 0.5) is 5.82 Å². The molecule has 4 heteroatoms. The van der Waals surface area contributed by atoms with E-state index in [4.69, 9.17) is 0 Å². The van der Waals surface area contributed by atoms with Crippen molar-refractivity contribution in [3.8, 4) is 0 Å². The third kappa shape index (κ3) is 4.67. The van der Waals surface area contributed by atoms with Crippen LogP contribution in [-0.2, 0) is 0 Å². The van der Waals surface area contributed by atoms with Crippen molar-refractivity contribution in [2.75, 3.05) is 24.1 Å². The Kier molecular flexibility index (Phi) is 6.43. The molecule has 0 saturated carbocycles. The first-order valence-electron chi connectivity index (χ1n) is 7.94. The van der Waals surface area contributed by atoms with Crippen LogP contribution >= 0.6 is 11.9 Å². The van der Waals surface area contributed by atoms with Crippen LogP contribution < -0.4 is 4.72 Å². The molecule has 1 aliphatic heterocycles. The second kappa shape index (κ2) is 8.32. The SMILES string of the molecule is C=C(c1ccnc(NSC)c1)N1CCC(CCCC)CC1. The number of hydrogen-bond donors (Lipinski definition) is 1. The molecule has 0 atom stereocenters. The van der Waals surface area contributed by atoms with Crippen molar-refractivity contribution in [2.45, 2.75) is 39.0 Å². The number of nitrogens with one attached hydrogen (secondary N) is 1. The van der Waals surface area contributed by atoms with Crippen molar-refractivity contribution in [1.82, 2.24) is 9.88 Å². The molecular weight excluding hydrogens is 278 g/mol. The van der Waals surface area contributed by atoms with Gasteiger partial charge in [-0.15, -0.1) is 0 Å². The maximum atomic E-state index is 4.31. The lowest BCUT2D eigenvalue weighted by atomic mass is 9.91. The van der Waals surface area contributed by atoms with E-state index < -0.39 is 0 Å². The number of anilines is 1. The summed E-state index contributed by atoms with van der Waals surface area (Å²) in [6, 6.07) is 4.14. The van der Waals surface area contributed by atoms with E-state index in [2.05, 4.69) is 40.2 Å². The van der Waals surface area contributed by atoms with Crippen molar-refractivity contribution in [2.24, 2.45) is 5.92 Å². The molecule has 0 aromatic carbocycles. The molecule has 1 aliphatic rings. The van der Waals surface area contributed by atoms with Crippen molar-refractivity contribution >= 4 is 23.5 Å². The average Bonchev–Trinajstić information content (AvgIpc) is 2.53. The monoisotopic (exact) mass is 305 g/mol. The van der Waals surface area contributed by atoms with Crippen molar-refractivity contribution < 1.29 is 0 Å². The van der Waals surface area contributed by atoms with Crippen LogP contribution in [0.15, 0.2) is 24.9 Å². The number of aromatic nitrogens is 1. The summed E-state index contributed by atoms with van der Waals surface area (Å²) in [5, 5.41) is 0. The fourth-order valence-electron chi connectivity index (χ4n) is 2.94. The molecule has 0 unspecified atom stereocenters. The van der Waals surface area contributed by atoms with Crippen LogP contribution in [0, 0.1) is 5.92 Å². The van der Waals surface area contributed by atoms with Gasteiger partial charge < -0.3 is 9.62 Å². The molecule has 0 amide bonds. The zero-order valence-corrected chi connectivity index (χ0v) is 14.1. The van der Waals surface area contributed by atoms with Gasteiger partial charge in [-0.1, -0.05) is 44.7 Å². The molecule has 1 aromatic rings. The van der Waals surface area contributed by atoms with Crippen LogP contribution in [0.5, 0.6) is 0 Å². The summed E-state index contributed by atoms with van der Waals surface area (Å²) >= 11 is 1.56. The van der Waals surface area contributed by atoms with Crippen LogP contribution in [0.2, 0.25) is 0 Å². The third-order valence-corrected chi connectivity index (χ3v) is 4.68. The third-order valence-electron chi connectivity index (χ3n) is 4.26. The predicted molar refractivity (Wildman–Crippen MR) is 94.2 cm³/mol. The molecular formula is C17H27N3S. The Balaban J connectivity index is 1.91. The van der Waals surface area contributed by atoms with E-state index in [9.17, 15) is 0 Å². The van der Waals surface area contributed by atoms with E-state index in [1.807, 2.05) is 12.5 Å². The lowest BCUT2D eigenvalue weighted by Crippen LogP contribution is -2.32. The highest BCUT2D eigenvalue weighted by atomic mass is 32.2. The van der Waals surface area contributed by atoms with Gasteiger partial charge >= 0.3 is 0 Å². The molecule has 1 N–H and O–H groups in total. The average molecular weight is 305 g/mol. The Labute approximate surface area is 133 Å². The minimum Gasteiger partial charge on any atom is -0.372 e. The molecule has 2 rings (SSSR count). The molecule has 1 fully saturated rings. The Hall–Kier alpha value is -1.16. The maximum absolute atomic E-state index is 4.31. The minimum absolute atomic E-state index is 0.902. The molecule has 3 nitrogen and oxygen atoms in total. The Morgan fingerprint density at radius 1 is 1.48 bits per heavy atom. The van der Waals surface area contributed by atoms with Gasteiger partial charge in [0, 0.05) is 36.8 Å². The molecule has 0 radical (unpaired) electrons. The summed E-state index contributed by atoms with van der Waals surface area (Å²) in [6.07, 6.45) is 10.6. The smallest absolute Gasteiger partial charge is 0.136 e. The molecule has 1 aromatic heterocycles. The molecule has 0 spiro atoms. The van der Waals surface area contributed by atoms with E-state index in [0.717, 1.165) is 30.5 Å². The number of hydrogen-bond acceptors (Lipinski definition) is 4. The highest BCUT2D eigenvalue weighted by molar-refractivity contribution is 7.99. The zero-order chi connectivity index (χ0) is 15.1. The van der Waals surface area contributed by atoms with Gasteiger partial charge in [0.05, 0.1) is 0 Å². The normalized spacial score (nSPS) is 16.0. The van der Waals surface area contributed by atoms with Gasteiger partial charge in [0.15, 0.2) is 0 Å². The summed E-state index contributed by atoms with van der Waals surface area (Å²) in [4.78, 5) is 6.74. The fraction of sp³-hybridized carbons (Fsp3) is 0.588. The number of likely N-dealkylation sites (tertiary alicyclic amines) is 1. The number of unbranched alkanes of at least 4 members (excludes halogenated alkanes) is 1. The van der Waals surface area contributed by atoms with Crippen LogP contribution in [-0.4, -0.2) is 29.2 Å². The van der Waals surface area contributed by atoms with E-state index in [-0.39, 0.29) is 0 Å². The quantitative estimate of drug-likeness (QED) is 0.743. The highest BCUT2D eigenvalue weighted by Gasteiger charge is 2.20. The van der Waals surface area contributed by atoms with E-state index >= 15 is 0 Å². The minimum atomic E-state index is 0.902. The van der Waals surface area contributed by atoms with Crippen LogP contribution in [0.1, 0.15) is 44.6 Å². The van der Waals surface area contributed by atoms with E-state index in [1.54, 1.807) is 11.9 Å². The van der Waals surface area contributed by atoms with Crippen molar-refractivity contribution in [3.63, 3.8) is 0 Å². The van der Waals surface area contributed by atoms with Gasteiger partial charge in [-0.3, -0.25) is 0 Å². The maximum Gasteiger partial charge on any atom is 0.136 e. The highest BCUT2D eigenvalue weighted by Crippen LogP contribution is 2.28. The topological polar surface area (TPSA) is 28.2 Å². The fourth-order valence-corrected chi connectivity index (χ4v) is 3.26. The van der Waals surface area contributed by atoms with Crippen molar-refractivity contribution in [3.05, 3.63) is 30.5 Å². The summed E-state index contributed by atoms with van der Waals surface area (Å²) < 4.78 is 3.18. The lowest BCUT2D eigenvalue weighted by Gasteiger charge is -2.35. The second-order valence-electron chi connectivity index (χ2n) is 5.76. The second-order valence-corrected chi connectivity index (χ2v) is 6.37. The molecule has 1 saturated heterocycles. The summed E-state index contributed by atoms with van der Waals surface area (Å²) in [5.41, 5.74) is 2.31. The zero-order valence-electron chi connectivity index (χ0n) is 13.3. The van der Waals surface area contributed by atoms with Gasteiger partial charge in [0.2, 0.25) is 0 Å². The number of pyridine rings is 1. The van der Waals surface area contributed by atoms with Gasteiger partial charge in [0.1, 0.15) is 5.82 Å². The van der Waals surface area contributed by atoms with Gasteiger partial charge in [0.25, 0.3) is 0 Å². The predicted octanol–water partition coefficient (Wildman–Crippen LogP) is 4.64. The first kappa shape index (κ1) is 16.2. The molecule has 2 heterocycles. The number of rotatable bonds is 7. The summed E-state index contributed by atoms with van der Waals surface area (Å²) in [7, 11) is 0. The van der Waals surface area contributed by atoms with Gasteiger partial charge in [-0.2, -0.15) is 0 Å². The van der Waals surface area contributed by atoms with E-state index in [1.165, 1.54) is 37.7 Å². The first-order valence-corrected chi connectivity index (χ1v) is 9.16. The molecule has 21 heavy (non-hydrogen) atoms. The first-order chi connectivity index (χ1) is 10.2. The van der Waals surface area contributed by atoms with Crippen LogP contribution in [0.25, 0.3) is 5.70 Å². The number of nitrogens with zero attached hydrogens (tertiary/aromatic N) is 2. The van der Waals surface area contributed by atoms with Gasteiger partial charge in [-0.05, 0) is 30.9 Å². The Morgan fingerprint density at radius 2 is 2.24 bits per heavy atom.